The van der Waals surface area contributed by atoms with E-state index in [0.717, 1.165) is 6.54 Å². The predicted octanol–water partition coefficient (Wildman–Crippen LogP) is 0.285. The van der Waals surface area contributed by atoms with Crippen molar-refractivity contribution in [2.75, 3.05) is 6.54 Å². The molecule has 1 aromatic rings. The first kappa shape index (κ1) is 9.22. The molecule has 68 valence electrons. The quantitative estimate of drug-likeness (QED) is 0.680. The maximum Gasteiger partial charge on any atom is 0.137 e. The SMILES string of the molecule is CCn1ccnc1C(O)CCN. The zero-order valence-electron chi connectivity index (χ0n) is 7.27. The normalized spacial score (nSPS) is 13.2. The molecule has 0 bridgehead atoms. The Morgan fingerprint density at radius 2 is 2.50 bits per heavy atom. The summed E-state index contributed by atoms with van der Waals surface area (Å²) >= 11 is 0. The van der Waals surface area contributed by atoms with Crippen molar-refractivity contribution in [3.8, 4) is 0 Å². The van der Waals surface area contributed by atoms with Crippen molar-refractivity contribution >= 4 is 0 Å². The molecule has 0 saturated heterocycles. The molecule has 1 rings (SSSR count). The molecule has 0 saturated carbocycles. The molecule has 1 aromatic heterocycles. The van der Waals surface area contributed by atoms with Gasteiger partial charge in [-0.1, -0.05) is 0 Å². The van der Waals surface area contributed by atoms with Crippen LogP contribution in [-0.2, 0) is 6.54 Å². The Bertz CT molecular complexity index is 234. The molecule has 0 spiro atoms. The van der Waals surface area contributed by atoms with Crippen LogP contribution in [-0.4, -0.2) is 21.2 Å². The lowest BCUT2D eigenvalue weighted by Gasteiger charge is -2.10. The Hall–Kier alpha value is -0.870. The van der Waals surface area contributed by atoms with Crippen molar-refractivity contribution in [1.29, 1.82) is 0 Å². The third-order valence-corrected chi connectivity index (χ3v) is 1.83. The number of aliphatic hydroxyl groups excluding tert-OH is 1. The summed E-state index contributed by atoms with van der Waals surface area (Å²) in [5.74, 6) is 0.711. The van der Waals surface area contributed by atoms with E-state index in [4.69, 9.17) is 5.73 Å². The first-order chi connectivity index (χ1) is 5.79. The lowest BCUT2D eigenvalue weighted by molar-refractivity contribution is 0.156. The van der Waals surface area contributed by atoms with Gasteiger partial charge in [0.25, 0.3) is 0 Å². The van der Waals surface area contributed by atoms with Crippen LogP contribution in [0.2, 0.25) is 0 Å². The molecule has 0 fully saturated rings. The van der Waals surface area contributed by atoms with Gasteiger partial charge in [0, 0.05) is 18.9 Å². The maximum absolute atomic E-state index is 9.56. The van der Waals surface area contributed by atoms with Crippen LogP contribution in [0.3, 0.4) is 0 Å². The summed E-state index contributed by atoms with van der Waals surface area (Å²) in [7, 11) is 0. The van der Waals surface area contributed by atoms with E-state index >= 15 is 0 Å². The largest absolute Gasteiger partial charge is 0.385 e. The van der Waals surface area contributed by atoms with Crippen molar-refractivity contribution in [2.45, 2.75) is 26.0 Å². The van der Waals surface area contributed by atoms with Gasteiger partial charge in [-0.25, -0.2) is 4.98 Å². The second-order valence-corrected chi connectivity index (χ2v) is 2.66. The van der Waals surface area contributed by atoms with Crippen molar-refractivity contribution in [3.05, 3.63) is 18.2 Å². The van der Waals surface area contributed by atoms with E-state index in [0.29, 0.717) is 18.8 Å². The number of hydrogen-bond donors (Lipinski definition) is 2. The van der Waals surface area contributed by atoms with Gasteiger partial charge >= 0.3 is 0 Å². The Labute approximate surface area is 72.0 Å². The average Bonchev–Trinajstić information content (AvgIpc) is 2.51. The van der Waals surface area contributed by atoms with Crippen molar-refractivity contribution in [3.63, 3.8) is 0 Å². The Morgan fingerprint density at radius 1 is 1.75 bits per heavy atom. The number of rotatable bonds is 4. The minimum atomic E-state index is -0.523. The standard InChI is InChI=1S/C8H15N3O/c1-2-11-6-5-10-8(11)7(12)3-4-9/h5-7,12H,2-4,9H2,1H3. The van der Waals surface area contributed by atoms with E-state index in [1.165, 1.54) is 0 Å². The zero-order valence-corrected chi connectivity index (χ0v) is 7.27. The molecule has 12 heavy (non-hydrogen) atoms. The Morgan fingerprint density at radius 3 is 3.08 bits per heavy atom. The average molecular weight is 169 g/mol. The van der Waals surface area contributed by atoms with Crippen LogP contribution in [0.15, 0.2) is 12.4 Å². The smallest absolute Gasteiger partial charge is 0.137 e. The number of hydrogen-bond acceptors (Lipinski definition) is 3. The van der Waals surface area contributed by atoms with Gasteiger partial charge in [0.1, 0.15) is 11.9 Å². The predicted molar refractivity (Wildman–Crippen MR) is 46.5 cm³/mol. The highest BCUT2D eigenvalue weighted by Gasteiger charge is 2.11. The highest BCUT2D eigenvalue weighted by Crippen LogP contribution is 2.13. The molecule has 1 heterocycles. The molecule has 0 amide bonds. The highest BCUT2D eigenvalue weighted by atomic mass is 16.3. The first-order valence-corrected chi connectivity index (χ1v) is 4.18. The fourth-order valence-electron chi connectivity index (χ4n) is 1.17. The summed E-state index contributed by atoms with van der Waals surface area (Å²) in [6.07, 6.45) is 3.59. The Balaban J connectivity index is 2.71. The number of aromatic nitrogens is 2. The first-order valence-electron chi connectivity index (χ1n) is 4.18. The fourth-order valence-corrected chi connectivity index (χ4v) is 1.17. The van der Waals surface area contributed by atoms with E-state index in [1.807, 2.05) is 17.7 Å². The van der Waals surface area contributed by atoms with Gasteiger partial charge in [0.05, 0.1) is 0 Å². The third-order valence-electron chi connectivity index (χ3n) is 1.83. The lowest BCUT2D eigenvalue weighted by Crippen LogP contribution is -2.11. The number of imidazole rings is 1. The van der Waals surface area contributed by atoms with E-state index in [9.17, 15) is 5.11 Å². The van der Waals surface area contributed by atoms with E-state index in [1.54, 1.807) is 6.20 Å². The van der Waals surface area contributed by atoms with E-state index in [2.05, 4.69) is 4.98 Å². The van der Waals surface area contributed by atoms with Crippen LogP contribution in [0, 0.1) is 0 Å². The van der Waals surface area contributed by atoms with Gasteiger partial charge < -0.3 is 15.4 Å². The van der Waals surface area contributed by atoms with Crippen LogP contribution in [0.5, 0.6) is 0 Å². The number of nitrogens with two attached hydrogens (primary N) is 1. The molecular weight excluding hydrogens is 154 g/mol. The van der Waals surface area contributed by atoms with Crippen LogP contribution in [0.25, 0.3) is 0 Å². The Kier molecular flexibility index (Phi) is 3.25. The number of nitrogens with zero attached hydrogens (tertiary/aromatic N) is 2. The zero-order chi connectivity index (χ0) is 8.97. The topological polar surface area (TPSA) is 64.1 Å². The molecule has 0 radical (unpaired) electrons. The van der Waals surface area contributed by atoms with Gasteiger partial charge in [0.2, 0.25) is 0 Å². The summed E-state index contributed by atoms with van der Waals surface area (Å²) in [6.45, 7) is 3.33. The number of aliphatic hydroxyl groups is 1. The molecule has 0 aliphatic rings. The van der Waals surface area contributed by atoms with Crippen LogP contribution < -0.4 is 5.73 Å². The minimum Gasteiger partial charge on any atom is -0.385 e. The molecule has 4 nitrogen and oxygen atoms in total. The summed E-state index contributed by atoms with van der Waals surface area (Å²) in [5, 5.41) is 9.56. The molecule has 1 atom stereocenters. The van der Waals surface area contributed by atoms with Crippen molar-refractivity contribution in [1.82, 2.24) is 9.55 Å². The van der Waals surface area contributed by atoms with E-state index < -0.39 is 6.10 Å². The lowest BCUT2D eigenvalue weighted by atomic mass is 10.2. The van der Waals surface area contributed by atoms with Gasteiger partial charge in [-0.3, -0.25) is 0 Å². The molecule has 0 aliphatic heterocycles. The van der Waals surface area contributed by atoms with Crippen molar-refractivity contribution in [2.24, 2.45) is 5.73 Å². The second-order valence-electron chi connectivity index (χ2n) is 2.66. The minimum absolute atomic E-state index is 0.484. The summed E-state index contributed by atoms with van der Waals surface area (Å²) in [5.41, 5.74) is 5.33. The third kappa shape index (κ3) is 1.84. The van der Waals surface area contributed by atoms with Gasteiger partial charge in [-0.05, 0) is 19.9 Å². The second kappa shape index (κ2) is 4.23. The number of aryl methyl sites for hydroxylation is 1. The maximum atomic E-state index is 9.56. The van der Waals surface area contributed by atoms with Crippen molar-refractivity contribution < 1.29 is 5.11 Å². The van der Waals surface area contributed by atoms with Crippen LogP contribution in [0.1, 0.15) is 25.3 Å². The van der Waals surface area contributed by atoms with Crippen LogP contribution >= 0.6 is 0 Å². The monoisotopic (exact) mass is 169 g/mol. The highest BCUT2D eigenvalue weighted by molar-refractivity contribution is 4.96. The van der Waals surface area contributed by atoms with Gasteiger partial charge in [-0.2, -0.15) is 0 Å². The molecule has 3 N–H and O–H groups in total. The van der Waals surface area contributed by atoms with E-state index in [-0.39, 0.29) is 0 Å². The molecular formula is C8H15N3O. The summed E-state index contributed by atoms with van der Waals surface area (Å²) in [4.78, 5) is 4.06. The van der Waals surface area contributed by atoms with Crippen LogP contribution in [0.4, 0.5) is 0 Å². The molecule has 0 aliphatic carbocycles. The van der Waals surface area contributed by atoms with Gasteiger partial charge in [0.15, 0.2) is 0 Å². The molecule has 4 heteroatoms. The van der Waals surface area contributed by atoms with Gasteiger partial charge in [-0.15, -0.1) is 0 Å². The fraction of sp³-hybridized carbons (Fsp3) is 0.625. The molecule has 0 aromatic carbocycles. The summed E-state index contributed by atoms with van der Waals surface area (Å²) < 4.78 is 1.92. The summed E-state index contributed by atoms with van der Waals surface area (Å²) in [6, 6.07) is 0. The molecule has 1 unspecified atom stereocenters.